The first-order chi connectivity index (χ1) is 35.1. The predicted molar refractivity (Wildman–Crippen MR) is 313 cm³/mol. The van der Waals surface area contributed by atoms with Crippen LogP contribution in [0.3, 0.4) is 0 Å². The van der Waals surface area contributed by atoms with Crippen molar-refractivity contribution < 1.29 is 0 Å². The molecule has 0 aliphatic carbocycles. The van der Waals surface area contributed by atoms with Gasteiger partial charge in [-0.1, -0.05) is 141 Å². The summed E-state index contributed by atoms with van der Waals surface area (Å²) in [4.78, 5) is 7.54. The lowest BCUT2D eigenvalue weighted by Crippen LogP contribution is -2.31. The molecule has 2 aromatic heterocycles. The van der Waals surface area contributed by atoms with Crippen molar-refractivity contribution in [3.05, 3.63) is 246 Å². The van der Waals surface area contributed by atoms with Gasteiger partial charge in [-0.05, 0) is 157 Å². The maximum atomic E-state index is 2.54. The van der Waals surface area contributed by atoms with E-state index >= 15 is 0 Å². The van der Waals surface area contributed by atoms with Gasteiger partial charge < -0.3 is 14.7 Å². The molecule has 1 aliphatic heterocycles. The zero-order valence-corrected chi connectivity index (χ0v) is 43.0. The van der Waals surface area contributed by atoms with E-state index in [9.17, 15) is 0 Å². The van der Waals surface area contributed by atoms with Crippen LogP contribution in [-0.2, 0) is 5.41 Å². The highest BCUT2D eigenvalue weighted by Gasteiger charge is 2.38. The summed E-state index contributed by atoms with van der Waals surface area (Å²) in [5.74, 6) is 0. The molecule has 1 aliphatic rings. The van der Waals surface area contributed by atoms with Crippen molar-refractivity contribution in [3.8, 4) is 11.1 Å². The number of rotatable bonds is 8. The average molecular weight is 964 g/mol. The second kappa shape index (κ2) is 17.1. The zero-order valence-electron chi connectivity index (χ0n) is 41.4. The number of hydrogen-bond acceptors (Lipinski definition) is 5. The molecule has 10 aromatic carbocycles. The van der Waals surface area contributed by atoms with Crippen molar-refractivity contribution in [2.75, 3.05) is 14.7 Å². The minimum atomic E-state index is -0.339. The first-order valence-electron chi connectivity index (χ1n) is 24.9. The lowest BCUT2D eigenvalue weighted by molar-refractivity contribution is 0.632. The Morgan fingerprint density at radius 2 is 0.778 bits per heavy atom. The van der Waals surface area contributed by atoms with Crippen LogP contribution in [0, 0.1) is 27.7 Å². The van der Waals surface area contributed by atoms with Crippen molar-refractivity contribution >= 4 is 114 Å². The van der Waals surface area contributed by atoms with Crippen molar-refractivity contribution in [2.24, 2.45) is 0 Å². The van der Waals surface area contributed by atoms with Gasteiger partial charge in [0.1, 0.15) is 0 Å². The maximum absolute atomic E-state index is 2.54. The molecule has 0 N–H and O–H groups in total. The van der Waals surface area contributed by atoms with Gasteiger partial charge in [-0.2, -0.15) is 0 Å². The van der Waals surface area contributed by atoms with E-state index in [1.165, 1.54) is 96.2 Å². The second-order valence-electron chi connectivity index (χ2n) is 20.1. The molecule has 348 valence electrons. The predicted octanol–water partition coefficient (Wildman–Crippen LogP) is 20.4. The first-order valence-corrected chi connectivity index (χ1v) is 26.5. The molecule has 3 heterocycles. The van der Waals surface area contributed by atoms with Gasteiger partial charge in [-0.15, -0.1) is 22.7 Å². The molecule has 72 heavy (non-hydrogen) atoms. The molecular weight excluding hydrogens is 911 g/mol. The molecule has 3 nitrogen and oxygen atoms in total. The van der Waals surface area contributed by atoms with Crippen molar-refractivity contribution in [1.82, 2.24) is 0 Å². The van der Waals surface area contributed by atoms with Gasteiger partial charge in [-0.3, -0.25) is 0 Å². The Hall–Kier alpha value is -7.96. The summed E-state index contributed by atoms with van der Waals surface area (Å²) in [6.07, 6.45) is 0. The fourth-order valence-electron chi connectivity index (χ4n) is 11.6. The smallest absolute Gasteiger partial charge is 0.0640 e. The number of benzene rings is 10. The average Bonchev–Trinajstić information content (AvgIpc) is 3.96. The highest BCUT2D eigenvalue weighted by atomic mass is 32.1. The standard InChI is InChI=1S/C67H53N3S2/c1-42-34-43(2)37-51(36-42)68(59-22-14-20-55-53-18-10-12-24-63(53)71-65(55)59)49-30-32-57-61(40-49)70(48-28-26-47(27-29-48)46-16-8-7-9-17-46)62-41-50(31-33-58(62)67(57,5)6)69(52-38-44(3)35-45(4)39-52)60-23-15-21-56-54-19-11-13-25-64(54)72-66(56)60/h7-41H,1-6H3. The summed E-state index contributed by atoms with van der Waals surface area (Å²) in [5, 5.41) is 5.15. The van der Waals surface area contributed by atoms with Gasteiger partial charge >= 0.3 is 0 Å². The Morgan fingerprint density at radius 1 is 0.361 bits per heavy atom. The minimum Gasteiger partial charge on any atom is -0.310 e. The molecule has 0 radical (unpaired) electrons. The van der Waals surface area contributed by atoms with Crippen molar-refractivity contribution in [3.63, 3.8) is 0 Å². The number of fused-ring (bicyclic) bond motifs is 8. The van der Waals surface area contributed by atoms with E-state index in [0.29, 0.717) is 0 Å². The first kappa shape index (κ1) is 44.0. The van der Waals surface area contributed by atoms with Gasteiger partial charge in [0.25, 0.3) is 0 Å². The molecule has 0 amide bonds. The van der Waals surface area contributed by atoms with Crippen LogP contribution in [0.5, 0.6) is 0 Å². The van der Waals surface area contributed by atoms with E-state index in [-0.39, 0.29) is 5.41 Å². The van der Waals surface area contributed by atoms with Gasteiger partial charge in [0.15, 0.2) is 0 Å². The fourth-order valence-corrected chi connectivity index (χ4v) is 14.0. The quantitative estimate of drug-likeness (QED) is 0.150. The summed E-state index contributed by atoms with van der Waals surface area (Å²) in [5.41, 5.74) is 19.8. The molecule has 0 fully saturated rings. The molecule has 0 spiro atoms. The normalized spacial score (nSPS) is 12.9. The van der Waals surface area contributed by atoms with Crippen LogP contribution < -0.4 is 14.7 Å². The summed E-state index contributed by atoms with van der Waals surface area (Å²) in [6, 6.07) is 79.5. The van der Waals surface area contributed by atoms with Gasteiger partial charge in [-0.25, -0.2) is 0 Å². The Kier molecular flexibility index (Phi) is 10.5. The molecule has 13 rings (SSSR count). The molecular formula is C67H53N3S2. The van der Waals surface area contributed by atoms with Gasteiger partial charge in [0.05, 0.1) is 32.1 Å². The lowest BCUT2D eigenvalue weighted by atomic mass is 9.73. The third-order valence-electron chi connectivity index (χ3n) is 14.7. The molecule has 5 heteroatoms. The Morgan fingerprint density at radius 3 is 1.25 bits per heavy atom. The molecule has 0 unspecified atom stereocenters. The van der Waals surface area contributed by atoms with Gasteiger partial charge in [0, 0.05) is 64.8 Å². The van der Waals surface area contributed by atoms with Crippen LogP contribution in [0.15, 0.2) is 212 Å². The summed E-state index contributed by atoms with van der Waals surface area (Å²) >= 11 is 3.76. The van der Waals surface area contributed by atoms with Crippen LogP contribution in [0.1, 0.15) is 47.2 Å². The SMILES string of the molecule is Cc1cc(C)cc(N(c2ccc3c(c2)N(c2ccc(-c4ccccc4)cc2)c2cc(N(c4cc(C)cc(C)c4)c4cccc5c4sc4ccccc45)ccc2C3(C)C)c2cccc3c2sc2ccccc23)c1. The fraction of sp³-hybridized carbons (Fsp3) is 0.104. The molecule has 0 bridgehead atoms. The van der Waals surface area contributed by atoms with Crippen molar-refractivity contribution in [2.45, 2.75) is 47.0 Å². The summed E-state index contributed by atoms with van der Waals surface area (Å²) in [7, 11) is 0. The Bertz CT molecular complexity index is 3820. The summed E-state index contributed by atoms with van der Waals surface area (Å²) in [6.45, 7) is 13.6. The van der Waals surface area contributed by atoms with Crippen LogP contribution in [0.2, 0.25) is 0 Å². The minimum absolute atomic E-state index is 0.339. The molecule has 0 saturated heterocycles. The highest BCUT2D eigenvalue weighted by molar-refractivity contribution is 7.26. The summed E-state index contributed by atoms with van der Waals surface area (Å²) < 4.78 is 5.14. The number of hydrogen-bond donors (Lipinski definition) is 0. The number of nitrogens with zero attached hydrogens (tertiary/aromatic N) is 3. The number of anilines is 9. The van der Waals surface area contributed by atoms with E-state index in [4.69, 9.17) is 0 Å². The molecule has 0 saturated carbocycles. The largest absolute Gasteiger partial charge is 0.310 e. The van der Waals surface area contributed by atoms with E-state index in [1.54, 1.807) is 0 Å². The highest BCUT2D eigenvalue weighted by Crippen LogP contribution is 2.56. The lowest BCUT2D eigenvalue weighted by Gasteiger charge is -2.43. The molecule has 0 atom stereocenters. The van der Waals surface area contributed by atoms with Crippen molar-refractivity contribution in [1.29, 1.82) is 0 Å². The van der Waals surface area contributed by atoms with Crippen LogP contribution in [-0.4, -0.2) is 0 Å². The van der Waals surface area contributed by atoms with E-state index < -0.39 is 0 Å². The maximum Gasteiger partial charge on any atom is 0.0640 e. The number of thiophene rings is 2. The second-order valence-corrected chi connectivity index (χ2v) is 22.2. The molecule has 12 aromatic rings. The van der Waals surface area contributed by atoms with E-state index in [2.05, 4.69) is 269 Å². The van der Waals surface area contributed by atoms with Crippen LogP contribution >= 0.6 is 22.7 Å². The Labute approximate surface area is 430 Å². The van der Waals surface area contributed by atoms with E-state index in [0.717, 1.165) is 39.8 Å². The Balaban J connectivity index is 1.06. The zero-order chi connectivity index (χ0) is 48.8. The van der Waals surface area contributed by atoms with Crippen LogP contribution in [0.25, 0.3) is 51.5 Å². The van der Waals surface area contributed by atoms with Gasteiger partial charge in [0.2, 0.25) is 0 Å². The monoisotopic (exact) mass is 963 g/mol. The van der Waals surface area contributed by atoms with Crippen LogP contribution in [0.4, 0.5) is 51.2 Å². The number of aryl methyl sites for hydroxylation is 4. The third kappa shape index (κ3) is 7.29. The van der Waals surface area contributed by atoms with E-state index in [1.807, 2.05) is 22.7 Å². The topological polar surface area (TPSA) is 9.72 Å². The third-order valence-corrected chi connectivity index (χ3v) is 17.1.